The number of carbonyl (C=O) groups excluding carboxylic acids is 1. The van der Waals surface area contributed by atoms with Gasteiger partial charge in [-0.3, -0.25) is 4.79 Å². The number of methoxy groups -OCH3 is 1. The molecule has 1 aliphatic heterocycles. The van der Waals surface area contributed by atoms with Crippen molar-refractivity contribution >= 4 is 19.9 Å². The molecule has 3 atom stereocenters. The lowest BCUT2D eigenvalue weighted by atomic mass is 9.91. The molecule has 25 heavy (non-hydrogen) atoms. The van der Waals surface area contributed by atoms with Crippen LogP contribution in [0, 0.1) is 0 Å². The molecule has 1 aliphatic rings. The van der Waals surface area contributed by atoms with Crippen molar-refractivity contribution in [2.75, 3.05) is 18.6 Å². The third-order valence-electron chi connectivity index (χ3n) is 5.33. The highest BCUT2D eigenvalue weighted by molar-refractivity contribution is 6.74. The van der Waals surface area contributed by atoms with Crippen LogP contribution < -0.4 is 15.4 Å². The minimum Gasteiger partial charge on any atom is -0.497 e. The first kappa shape index (κ1) is 19.9. The summed E-state index contributed by atoms with van der Waals surface area (Å²) in [6.45, 7) is 11.0. The van der Waals surface area contributed by atoms with Gasteiger partial charge >= 0.3 is 0 Å². The molecular weight excluding hydrogens is 336 g/mol. The van der Waals surface area contributed by atoms with Crippen LogP contribution >= 0.6 is 0 Å². The number of β-lactam (4-membered cyclic amide) rings is 1. The van der Waals surface area contributed by atoms with E-state index in [2.05, 4.69) is 33.9 Å². The van der Waals surface area contributed by atoms with Crippen LogP contribution in [-0.2, 0) is 9.22 Å². The van der Waals surface area contributed by atoms with Crippen molar-refractivity contribution in [2.45, 2.75) is 57.2 Å². The standard InChI is InChI=1S/C18H30N2O4Si/c1-18(2,3)25(5,6)24-14(11-19)15-16(21)17(22)20(15)12-7-9-13(23-4)10-8-12/h7-10,14-16,21H,11,19H2,1-6H3/t14-,15+,16-/m1/s1. The van der Waals surface area contributed by atoms with E-state index < -0.39 is 26.6 Å². The summed E-state index contributed by atoms with van der Waals surface area (Å²) in [5.74, 6) is 0.383. The number of amides is 1. The molecule has 6 nitrogen and oxygen atoms in total. The number of rotatable bonds is 6. The summed E-state index contributed by atoms with van der Waals surface area (Å²) in [7, 11) is -0.489. The Morgan fingerprint density at radius 3 is 2.28 bits per heavy atom. The monoisotopic (exact) mass is 366 g/mol. The number of carbonyl (C=O) groups is 1. The fourth-order valence-electron chi connectivity index (χ4n) is 2.72. The molecule has 1 heterocycles. The Morgan fingerprint density at radius 2 is 1.84 bits per heavy atom. The number of aliphatic hydroxyl groups excluding tert-OH is 1. The van der Waals surface area contributed by atoms with Gasteiger partial charge in [0.25, 0.3) is 5.91 Å². The SMILES string of the molecule is COc1ccc(N2C(=O)[C@H](O)[C@@H]2[C@@H](CN)O[Si](C)(C)C(C)(C)C)cc1. The molecule has 7 heteroatoms. The van der Waals surface area contributed by atoms with Crippen molar-refractivity contribution in [2.24, 2.45) is 5.73 Å². The minimum absolute atomic E-state index is 0.0179. The molecular formula is C18H30N2O4Si. The molecule has 1 amide bonds. The van der Waals surface area contributed by atoms with Gasteiger partial charge in [0.15, 0.2) is 14.4 Å². The van der Waals surface area contributed by atoms with Crippen LogP contribution in [0.4, 0.5) is 5.69 Å². The van der Waals surface area contributed by atoms with Crippen molar-refractivity contribution in [3.63, 3.8) is 0 Å². The first-order valence-electron chi connectivity index (χ1n) is 8.56. The molecule has 0 saturated carbocycles. The van der Waals surface area contributed by atoms with Crippen molar-refractivity contribution in [1.82, 2.24) is 0 Å². The molecule has 1 aromatic rings. The molecule has 0 aromatic heterocycles. The maximum Gasteiger partial charge on any atom is 0.258 e. The second-order valence-electron chi connectivity index (χ2n) is 7.99. The molecule has 0 spiro atoms. The molecule has 1 fully saturated rings. The third kappa shape index (κ3) is 3.74. The lowest BCUT2D eigenvalue weighted by molar-refractivity contribution is -0.140. The Morgan fingerprint density at radius 1 is 1.28 bits per heavy atom. The number of hydrogen-bond acceptors (Lipinski definition) is 5. The highest BCUT2D eigenvalue weighted by Crippen LogP contribution is 2.40. The summed E-state index contributed by atoms with van der Waals surface area (Å²) in [5.41, 5.74) is 6.66. The Kier molecular flexibility index (Phi) is 5.63. The number of ether oxygens (including phenoxy) is 1. The quantitative estimate of drug-likeness (QED) is 0.595. The first-order valence-corrected chi connectivity index (χ1v) is 11.5. The fraction of sp³-hybridized carbons (Fsp3) is 0.611. The Hall–Kier alpha value is -1.41. The number of nitrogens with two attached hydrogens (primary N) is 1. The lowest BCUT2D eigenvalue weighted by Crippen LogP contribution is -2.72. The van der Waals surface area contributed by atoms with Gasteiger partial charge in [0.2, 0.25) is 0 Å². The predicted octanol–water partition coefficient (Wildman–Crippen LogP) is 2.12. The van der Waals surface area contributed by atoms with Gasteiger partial charge in [-0.2, -0.15) is 0 Å². The van der Waals surface area contributed by atoms with E-state index in [4.69, 9.17) is 14.9 Å². The van der Waals surface area contributed by atoms with Crippen molar-refractivity contribution in [3.05, 3.63) is 24.3 Å². The highest BCUT2D eigenvalue weighted by atomic mass is 28.4. The largest absolute Gasteiger partial charge is 0.497 e. The fourth-order valence-corrected chi connectivity index (χ4v) is 4.06. The number of nitrogens with zero attached hydrogens (tertiary/aromatic N) is 1. The number of aliphatic hydroxyl groups is 1. The molecule has 1 saturated heterocycles. The average molecular weight is 367 g/mol. The molecule has 3 N–H and O–H groups in total. The van der Waals surface area contributed by atoms with E-state index in [1.54, 1.807) is 36.3 Å². The maximum absolute atomic E-state index is 12.3. The van der Waals surface area contributed by atoms with E-state index >= 15 is 0 Å². The van der Waals surface area contributed by atoms with Gasteiger partial charge < -0.3 is 24.9 Å². The molecule has 0 aliphatic carbocycles. The number of hydrogen-bond donors (Lipinski definition) is 2. The summed E-state index contributed by atoms with van der Waals surface area (Å²) in [4.78, 5) is 13.8. The molecule has 140 valence electrons. The van der Waals surface area contributed by atoms with Crippen LogP contribution in [0.25, 0.3) is 0 Å². The van der Waals surface area contributed by atoms with Gasteiger partial charge in [-0.15, -0.1) is 0 Å². The summed E-state index contributed by atoms with van der Waals surface area (Å²) in [6.07, 6.45) is -1.49. The van der Waals surface area contributed by atoms with Gasteiger partial charge in [0, 0.05) is 12.2 Å². The summed E-state index contributed by atoms with van der Waals surface area (Å²) >= 11 is 0. The number of benzene rings is 1. The minimum atomic E-state index is -2.08. The lowest BCUT2D eigenvalue weighted by Gasteiger charge is -2.50. The van der Waals surface area contributed by atoms with E-state index in [9.17, 15) is 9.90 Å². The van der Waals surface area contributed by atoms with Crippen LogP contribution in [-0.4, -0.2) is 51.2 Å². The van der Waals surface area contributed by atoms with Crippen molar-refractivity contribution in [1.29, 1.82) is 0 Å². The second kappa shape index (κ2) is 7.07. The van der Waals surface area contributed by atoms with Gasteiger partial charge in [0.05, 0.1) is 19.3 Å². The zero-order chi connectivity index (χ0) is 19.0. The summed E-state index contributed by atoms with van der Waals surface area (Å²) in [5, 5.41) is 10.3. The highest BCUT2D eigenvalue weighted by Gasteiger charge is 2.53. The summed E-state index contributed by atoms with van der Waals surface area (Å²) < 4.78 is 11.6. The second-order valence-corrected chi connectivity index (χ2v) is 12.8. The van der Waals surface area contributed by atoms with Crippen LogP contribution in [0.15, 0.2) is 24.3 Å². The van der Waals surface area contributed by atoms with Crippen LogP contribution in [0.3, 0.4) is 0 Å². The van der Waals surface area contributed by atoms with E-state index in [1.807, 2.05) is 0 Å². The molecule has 0 unspecified atom stereocenters. The number of anilines is 1. The molecule has 2 rings (SSSR count). The van der Waals surface area contributed by atoms with Gasteiger partial charge in [0.1, 0.15) is 5.75 Å². The van der Waals surface area contributed by atoms with E-state index in [0.717, 1.165) is 0 Å². The normalized spacial score (nSPS) is 22.6. The third-order valence-corrected chi connectivity index (χ3v) is 9.83. The Balaban J connectivity index is 2.25. The van der Waals surface area contributed by atoms with Crippen LogP contribution in [0.2, 0.25) is 18.1 Å². The smallest absolute Gasteiger partial charge is 0.258 e. The average Bonchev–Trinajstić information content (AvgIpc) is 2.56. The van der Waals surface area contributed by atoms with Crippen molar-refractivity contribution in [3.8, 4) is 5.75 Å². The molecule has 0 radical (unpaired) electrons. The predicted molar refractivity (Wildman–Crippen MR) is 101 cm³/mol. The van der Waals surface area contributed by atoms with E-state index in [1.165, 1.54) is 0 Å². The Labute approximate surface area is 151 Å². The maximum atomic E-state index is 12.3. The van der Waals surface area contributed by atoms with Gasteiger partial charge in [-0.05, 0) is 42.4 Å². The van der Waals surface area contributed by atoms with Gasteiger partial charge in [-0.25, -0.2) is 0 Å². The topological polar surface area (TPSA) is 85.0 Å². The van der Waals surface area contributed by atoms with Gasteiger partial charge in [-0.1, -0.05) is 20.8 Å². The van der Waals surface area contributed by atoms with E-state index in [0.29, 0.717) is 11.4 Å². The van der Waals surface area contributed by atoms with Crippen LogP contribution in [0.1, 0.15) is 20.8 Å². The van der Waals surface area contributed by atoms with Crippen molar-refractivity contribution < 1.29 is 19.1 Å². The molecule has 0 bridgehead atoms. The molecule has 1 aromatic carbocycles. The van der Waals surface area contributed by atoms with Crippen LogP contribution in [0.5, 0.6) is 5.75 Å². The zero-order valence-electron chi connectivity index (χ0n) is 15.9. The Bertz CT molecular complexity index is 612. The first-order chi connectivity index (χ1) is 11.5. The summed E-state index contributed by atoms with van der Waals surface area (Å²) in [6, 6.07) is 6.71. The zero-order valence-corrected chi connectivity index (χ0v) is 16.9. The van der Waals surface area contributed by atoms with E-state index in [-0.39, 0.29) is 17.5 Å².